The largest absolute Gasteiger partial charge is 0.611 e. The van der Waals surface area contributed by atoms with Crippen LogP contribution in [0, 0.1) is 11.8 Å². The van der Waals surface area contributed by atoms with Crippen molar-refractivity contribution in [2.75, 3.05) is 20.1 Å². The molecule has 26 heavy (non-hydrogen) atoms. The molecule has 0 unspecified atom stereocenters. The van der Waals surface area contributed by atoms with Gasteiger partial charge in [-0.05, 0) is 25.6 Å². The van der Waals surface area contributed by atoms with Gasteiger partial charge in [0.2, 0.25) is 0 Å². The highest BCUT2D eigenvalue weighted by atomic mass is 16.6. The molecule has 8 nitrogen and oxygen atoms in total. The highest BCUT2D eigenvalue weighted by molar-refractivity contribution is 6.50. The van der Waals surface area contributed by atoms with Gasteiger partial charge in [0.1, 0.15) is 5.52 Å². The number of fused-ring (bicyclic) bond motifs is 1. The van der Waals surface area contributed by atoms with Gasteiger partial charge in [-0.2, -0.15) is 0 Å². The van der Waals surface area contributed by atoms with Gasteiger partial charge in [0.05, 0.1) is 24.9 Å². The fraction of sp³-hybridized carbons (Fsp3) is 0.412. The molecule has 134 valence electrons. The second kappa shape index (κ2) is 8.49. The van der Waals surface area contributed by atoms with Crippen molar-refractivity contribution in [3.63, 3.8) is 0 Å². The molecule has 3 rings (SSSR count). The smallest absolute Gasteiger partial charge is 0.498 e. The molecular formula is C17H19BN4O4. The van der Waals surface area contributed by atoms with Crippen LogP contribution in [0.15, 0.2) is 24.3 Å². The van der Waals surface area contributed by atoms with Crippen molar-refractivity contribution < 1.29 is 18.9 Å². The first kappa shape index (κ1) is 18.0. The Morgan fingerprint density at radius 2 is 1.88 bits per heavy atom. The van der Waals surface area contributed by atoms with E-state index in [4.69, 9.17) is 9.31 Å². The normalized spacial score (nSPS) is 15.7. The first-order valence-electron chi connectivity index (χ1n) is 8.43. The maximum atomic E-state index is 11.6. The molecule has 1 saturated heterocycles. The summed E-state index contributed by atoms with van der Waals surface area (Å²) in [7, 11) is 0.719. The summed E-state index contributed by atoms with van der Waals surface area (Å²) in [5.74, 6) is 5.07. The number of para-hydroxylation sites is 1. The summed E-state index contributed by atoms with van der Waals surface area (Å²) >= 11 is 0. The molecule has 1 aliphatic rings. The minimum absolute atomic E-state index is 0.0604. The molecule has 0 aliphatic carbocycles. The standard InChI is InChI=1S/C17H19BN4O4/c1-21-12-16(23)25-18(26-17(24)13-21)10-6-2-3-7-11-22-15-9-5-4-8-14(15)19-20-22/h4-5,8-9H,3,7,10-13H2,1H3. The first-order chi connectivity index (χ1) is 12.6. The summed E-state index contributed by atoms with van der Waals surface area (Å²) in [4.78, 5) is 24.8. The van der Waals surface area contributed by atoms with Crippen molar-refractivity contribution in [1.82, 2.24) is 19.9 Å². The third-order valence-corrected chi connectivity index (χ3v) is 3.81. The van der Waals surface area contributed by atoms with E-state index < -0.39 is 19.1 Å². The minimum atomic E-state index is -0.935. The third-order valence-electron chi connectivity index (χ3n) is 3.81. The maximum Gasteiger partial charge on any atom is 0.611 e. The number of nitrogens with zero attached hydrogens (tertiary/aromatic N) is 4. The Kier molecular flexibility index (Phi) is 5.86. The van der Waals surface area contributed by atoms with E-state index in [0.29, 0.717) is 6.42 Å². The van der Waals surface area contributed by atoms with E-state index in [9.17, 15) is 9.59 Å². The van der Waals surface area contributed by atoms with E-state index in [1.54, 1.807) is 11.9 Å². The number of unbranched alkanes of at least 4 members (excludes halogenated alkanes) is 1. The zero-order valence-electron chi connectivity index (χ0n) is 14.6. The summed E-state index contributed by atoms with van der Waals surface area (Å²) < 4.78 is 12.0. The van der Waals surface area contributed by atoms with Crippen molar-refractivity contribution >= 4 is 30.1 Å². The second-order valence-electron chi connectivity index (χ2n) is 6.04. The lowest BCUT2D eigenvalue weighted by molar-refractivity contribution is -0.145. The van der Waals surface area contributed by atoms with E-state index in [0.717, 1.165) is 24.0 Å². The fourth-order valence-electron chi connectivity index (χ4n) is 2.62. The zero-order valence-corrected chi connectivity index (χ0v) is 14.6. The maximum absolute atomic E-state index is 11.6. The average Bonchev–Trinajstić information content (AvgIpc) is 2.99. The number of hydrogen-bond acceptors (Lipinski definition) is 7. The van der Waals surface area contributed by atoms with E-state index in [1.807, 2.05) is 28.9 Å². The molecule has 0 radical (unpaired) electrons. The highest BCUT2D eigenvalue weighted by Crippen LogP contribution is 2.10. The Morgan fingerprint density at radius 3 is 2.65 bits per heavy atom. The number of carbonyl (C=O) groups excluding carboxylic acids is 2. The molecule has 0 spiro atoms. The third kappa shape index (κ3) is 4.83. The van der Waals surface area contributed by atoms with Crippen LogP contribution in [0.4, 0.5) is 0 Å². The van der Waals surface area contributed by atoms with Crippen molar-refractivity contribution in [3.8, 4) is 11.8 Å². The molecule has 9 heteroatoms. The molecule has 1 aromatic carbocycles. The van der Waals surface area contributed by atoms with Gasteiger partial charge >= 0.3 is 19.1 Å². The van der Waals surface area contributed by atoms with E-state index in [1.165, 1.54) is 0 Å². The van der Waals surface area contributed by atoms with Gasteiger partial charge in [-0.1, -0.05) is 17.3 Å². The number of benzene rings is 1. The van der Waals surface area contributed by atoms with Gasteiger partial charge in [0.25, 0.3) is 0 Å². The Morgan fingerprint density at radius 1 is 1.15 bits per heavy atom. The van der Waals surface area contributed by atoms with Crippen LogP contribution < -0.4 is 0 Å². The number of likely N-dealkylation sites (N-methyl/N-ethyl adjacent to an activating group) is 1. The topological polar surface area (TPSA) is 86.6 Å². The number of rotatable bonds is 4. The quantitative estimate of drug-likeness (QED) is 0.455. The summed E-state index contributed by atoms with van der Waals surface area (Å²) in [6.07, 6.45) is 1.65. The van der Waals surface area contributed by atoms with Gasteiger partial charge in [-0.3, -0.25) is 14.5 Å². The Bertz CT molecular complexity index is 837. The average molecular weight is 354 g/mol. The van der Waals surface area contributed by atoms with Crippen LogP contribution in [-0.4, -0.2) is 59.1 Å². The Balaban J connectivity index is 1.45. The van der Waals surface area contributed by atoms with Gasteiger partial charge in [0, 0.05) is 13.0 Å². The van der Waals surface area contributed by atoms with Gasteiger partial charge in [-0.15, -0.1) is 16.9 Å². The Labute approximate surface area is 151 Å². The van der Waals surface area contributed by atoms with E-state index in [-0.39, 0.29) is 19.4 Å². The van der Waals surface area contributed by atoms with E-state index >= 15 is 0 Å². The fourth-order valence-corrected chi connectivity index (χ4v) is 2.62. The monoisotopic (exact) mass is 354 g/mol. The molecule has 2 aromatic rings. The number of hydrogen-bond donors (Lipinski definition) is 0. The van der Waals surface area contributed by atoms with Crippen molar-refractivity contribution in [2.24, 2.45) is 0 Å². The lowest BCUT2D eigenvalue weighted by Crippen LogP contribution is -2.42. The molecular weight excluding hydrogens is 335 g/mol. The molecule has 1 fully saturated rings. The van der Waals surface area contributed by atoms with Crippen molar-refractivity contribution in [3.05, 3.63) is 24.3 Å². The molecule has 0 N–H and O–H groups in total. The molecule has 2 heterocycles. The van der Waals surface area contributed by atoms with E-state index in [2.05, 4.69) is 22.2 Å². The zero-order chi connectivity index (χ0) is 18.4. The van der Waals surface area contributed by atoms with Crippen molar-refractivity contribution in [2.45, 2.75) is 25.7 Å². The van der Waals surface area contributed by atoms with Crippen LogP contribution in [0.25, 0.3) is 11.0 Å². The van der Waals surface area contributed by atoms with Crippen LogP contribution in [-0.2, 0) is 25.4 Å². The van der Waals surface area contributed by atoms with Crippen LogP contribution in [0.3, 0.4) is 0 Å². The summed E-state index contributed by atoms with van der Waals surface area (Å²) in [6, 6.07) is 7.79. The molecule has 0 saturated carbocycles. The van der Waals surface area contributed by atoms with Crippen LogP contribution in [0.1, 0.15) is 12.8 Å². The number of aryl methyl sites for hydroxylation is 1. The van der Waals surface area contributed by atoms with Gasteiger partial charge < -0.3 is 9.31 Å². The predicted molar refractivity (Wildman–Crippen MR) is 94.8 cm³/mol. The lowest BCUT2D eigenvalue weighted by Gasteiger charge is -2.21. The molecule has 1 aromatic heterocycles. The van der Waals surface area contributed by atoms with Gasteiger partial charge in [-0.25, -0.2) is 4.68 Å². The SMILES string of the molecule is CN1CC(=O)OB(CC#CCCCn2nnc3ccccc32)OC(=O)C1. The Hall–Kier alpha value is -2.86. The lowest BCUT2D eigenvalue weighted by atomic mass is 9.84. The van der Waals surface area contributed by atoms with Crippen molar-refractivity contribution in [1.29, 1.82) is 0 Å². The predicted octanol–water partition coefficient (Wildman–Crippen LogP) is 0.735. The summed E-state index contributed by atoms with van der Waals surface area (Å²) in [6.45, 7) is 0.838. The first-order valence-corrected chi connectivity index (χ1v) is 8.43. The molecule has 0 bridgehead atoms. The molecule has 0 amide bonds. The number of aromatic nitrogens is 3. The molecule has 0 atom stereocenters. The second-order valence-corrected chi connectivity index (χ2v) is 6.04. The minimum Gasteiger partial charge on any atom is -0.498 e. The van der Waals surface area contributed by atoms with Gasteiger partial charge in [0.15, 0.2) is 0 Å². The highest BCUT2D eigenvalue weighted by Gasteiger charge is 2.30. The summed E-state index contributed by atoms with van der Waals surface area (Å²) in [5.41, 5.74) is 1.87. The molecule has 1 aliphatic heterocycles. The number of carbonyl (C=O) groups is 2. The van der Waals surface area contributed by atoms with Crippen LogP contribution in [0.5, 0.6) is 0 Å². The van der Waals surface area contributed by atoms with Crippen LogP contribution >= 0.6 is 0 Å². The summed E-state index contributed by atoms with van der Waals surface area (Å²) in [5, 5.41) is 8.24. The van der Waals surface area contributed by atoms with Crippen LogP contribution in [0.2, 0.25) is 6.32 Å².